The Morgan fingerprint density at radius 3 is 2.70 bits per heavy atom. The Labute approximate surface area is 116 Å². The van der Waals surface area contributed by atoms with Gasteiger partial charge in [-0.05, 0) is 6.92 Å². The maximum Gasteiger partial charge on any atom is 0.320 e. The van der Waals surface area contributed by atoms with Crippen LogP contribution < -0.4 is 10.5 Å². The number of benzene rings is 1. The van der Waals surface area contributed by atoms with Crippen LogP contribution in [0.3, 0.4) is 0 Å². The Balaban J connectivity index is 2.56. The lowest BCUT2D eigenvalue weighted by Crippen LogP contribution is -2.43. The summed E-state index contributed by atoms with van der Waals surface area (Å²) in [6.45, 7) is -2.63. The van der Waals surface area contributed by atoms with Crippen molar-refractivity contribution in [2.75, 3.05) is 12.4 Å². The average Bonchev–Trinajstić information content (AvgIpc) is 2.62. The standard InChI is InChI=1S/C10H10ClF3N4O2/c1-4-16-18(20,3-17(4)10(13)14)8-6(12)2-5(11)9(19)7(8)15/h2,10,19H,3,15H2,1H3. The fourth-order valence-electron chi connectivity index (χ4n) is 1.93. The van der Waals surface area contributed by atoms with Gasteiger partial charge in [0, 0.05) is 6.07 Å². The Kier molecular flexibility index (Phi) is 3.44. The molecule has 0 saturated carbocycles. The normalized spacial score (nSPS) is 22.6. The number of nitrogens with zero attached hydrogens (tertiary/aromatic N) is 3. The number of hydrogen-bond donors (Lipinski definition) is 2. The molecule has 3 N–H and O–H groups in total. The lowest BCUT2D eigenvalue weighted by Gasteiger charge is -2.33. The van der Waals surface area contributed by atoms with Crippen molar-refractivity contribution in [1.82, 2.24) is 9.66 Å². The third-order valence-corrected chi connectivity index (χ3v) is 3.16. The highest BCUT2D eigenvalue weighted by Crippen LogP contribution is 2.44. The van der Waals surface area contributed by atoms with Crippen molar-refractivity contribution < 1.29 is 18.3 Å². The summed E-state index contributed by atoms with van der Waals surface area (Å²) in [5.74, 6) is -2.09. The van der Waals surface area contributed by atoms with Crippen molar-refractivity contribution in [2.24, 2.45) is 5.10 Å². The third-order valence-electron chi connectivity index (χ3n) is 2.87. The molecule has 110 valence electrons. The Morgan fingerprint density at radius 2 is 2.20 bits per heavy atom. The SMILES string of the molecule is CC1=N[N+]([O-])(c2c(F)cc(Cl)c(O)c2N)CN1C(F)F. The summed E-state index contributed by atoms with van der Waals surface area (Å²) < 4.78 is 37.5. The predicted molar refractivity (Wildman–Crippen MR) is 68.5 cm³/mol. The van der Waals surface area contributed by atoms with Gasteiger partial charge in [-0.3, -0.25) is 0 Å². The first-order valence-corrected chi connectivity index (χ1v) is 5.73. The van der Waals surface area contributed by atoms with E-state index in [2.05, 4.69) is 5.10 Å². The number of quaternary nitrogens is 1. The summed E-state index contributed by atoms with van der Waals surface area (Å²) in [7, 11) is 0. The second-order valence-electron chi connectivity index (χ2n) is 4.19. The van der Waals surface area contributed by atoms with Crippen LogP contribution in [0.5, 0.6) is 5.75 Å². The molecule has 1 aliphatic heterocycles. The van der Waals surface area contributed by atoms with Gasteiger partial charge >= 0.3 is 6.55 Å². The maximum atomic E-state index is 13.9. The lowest BCUT2D eigenvalue weighted by atomic mass is 10.2. The van der Waals surface area contributed by atoms with Gasteiger partial charge in [0.2, 0.25) is 5.69 Å². The molecule has 0 aliphatic carbocycles. The molecule has 1 aromatic carbocycles. The summed E-state index contributed by atoms with van der Waals surface area (Å²) in [5.41, 5.74) is 4.07. The molecule has 10 heteroatoms. The predicted octanol–water partition coefficient (Wildman–Crippen LogP) is 2.40. The van der Waals surface area contributed by atoms with E-state index in [4.69, 9.17) is 17.3 Å². The van der Waals surface area contributed by atoms with Crippen LogP contribution in [0.15, 0.2) is 11.2 Å². The van der Waals surface area contributed by atoms with E-state index in [0.717, 1.165) is 0 Å². The molecule has 1 aliphatic rings. The molecule has 2 rings (SSSR count). The molecule has 0 spiro atoms. The van der Waals surface area contributed by atoms with E-state index in [-0.39, 0.29) is 10.9 Å². The number of anilines is 1. The zero-order chi connectivity index (χ0) is 15.2. The van der Waals surface area contributed by atoms with Crippen molar-refractivity contribution in [1.29, 1.82) is 0 Å². The number of amidine groups is 1. The van der Waals surface area contributed by atoms with Crippen LogP contribution in [-0.2, 0) is 0 Å². The second kappa shape index (κ2) is 4.69. The van der Waals surface area contributed by atoms with Crippen LogP contribution >= 0.6 is 11.6 Å². The molecule has 0 amide bonds. The van der Waals surface area contributed by atoms with Gasteiger partial charge in [0.15, 0.2) is 24.1 Å². The number of aromatic hydroxyl groups is 1. The van der Waals surface area contributed by atoms with Crippen LogP contribution in [0.25, 0.3) is 0 Å². The van der Waals surface area contributed by atoms with E-state index < -0.39 is 40.9 Å². The molecule has 0 radical (unpaired) electrons. The van der Waals surface area contributed by atoms with E-state index in [9.17, 15) is 23.5 Å². The first-order valence-electron chi connectivity index (χ1n) is 5.35. The van der Waals surface area contributed by atoms with Crippen molar-refractivity contribution in [3.05, 3.63) is 22.1 Å². The lowest BCUT2D eigenvalue weighted by molar-refractivity contribution is 0.0125. The third kappa shape index (κ3) is 2.13. The van der Waals surface area contributed by atoms with Crippen LogP contribution in [0.1, 0.15) is 6.92 Å². The van der Waals surface area contributed by atoms with Gasteiger partial charge in [0.1, 0.15) is 5.69 Å². The quantitative estimate of drug-likeness (QED) is 0.289. The van der Waals surface area contributed by atoms with Crippen molar-refractivity contribution in [2.45, 2.75) is 13.5 Å². The minimum absolute atomic E-state index is 0.261. The van der Waals surface area contributed by atoms with E-state index >= 15 is 0 Å². The number of halogens is 4. The Bertz CT molecular complexity index is 598. The molecule has 1 aromatic rings. The largest absolute Gasteiger partial charge is 0.598 e. The number of rotatable bonds is 2. The van der Waals surface area contributed by atoms with Gasteiger partial charge < -0.3 is 16.0 Å². The number of nitrogen functional groups attached to an aromatic ring is 1. The molecule has 1 heterocycles. The molecular formula is C10H10ClF3N4O2. The number of phenolic OH excluding ortho intramolecular Hbond substituents is 1. The molecular weight excluding hydrogens is 301 g/mol. The molecule has 0 fully saturated rings. The van der Waals surface area contributed by atoms with E-state index in [1.807, 2.05) is 0 Å². The van der Waals surface area contributed by atoms with Crippen LogP contribution in [-0.4, -0.2) is 29.1 Å². The maximum absolute atomic E-state index is 13.9. The molecule has 0 aromatic heterocycles. The number of hydrogen-bond acceptors (Lipinski definition) is 5. The molecule has 20 heavy (non-hydrogen) atoms. The fourth-order valence-corrected chi connectivity index (χ4v) is 2.13. The van der Waals surface area contributed by atoms with Gasteiger partial charge in [-0.25, -0.2) is 9.29 Å². The van der Waals surface area contributed by atoms with Gasteiger partial charge in [0.05, 0.1) is 5.02 Å². The van der Waals surface area contributed by atoms with Crippen LogP contribution in [0, 0.1) is 11.0 Å². The highest BCUT2D eigenvalue weighted by Gasteiger charge is 2.41. The van der Waals surface area contributed by atoms with Crippen molar-refractivity contribution in [3.8, 4) is 5.75 Å². The highest BCUT2D eigenvalue weighted by molar-refractivity contribution is 6.32. The zero-order valence-electron chi connectivity index (χ0n) is 10.1. The van der Waals surface area contributed by atoms with Gasteiger partial charge in [-0.15, -0.1) is 0 Å². The molecule has 1 atom stereocenters. The monoisotopic (exact) mass is 310 g/mol. The van der Waals surface area contributed by atoms with Gasteiger partial charge in [0.25, 0.3) is 0 Å². The van der Waals surface area contributed by atoms with Crippen LogP contribution in [0.2, 0.25) is 5.02 Å². The van der Waals surface area contributed by atoms with Gasteiger partial charge in [-0.1, -0.05) is 16.7 Å². The molecule has 0 saturated heterocycles. The van der Waals surface area contributed by atoms with Crippen molar-refractivity contribution in [3.63, 3.8) is 0 Å². The average molecular weight is 311 g/mol. The number of alkyl halides is 2. The van der Waals surface area contributed by atoms with Crippen LogP contribution in [0.4, 0.5) is 24.5 Å². The summed E-state index contributed by atoms with van der Waals surface area (Å²) >= 11 is 5.51. The summed E-state index contributed by atoms with van der Waals surface area (Å²) in [4.78, 5) is 0.400. The minimum atomic E-state index is -2.96. The zero-order valence-corrected chi connectivity index (χ0v) is 10.9. The van der Waals surface area contributed by atoms with E-state index in [1.54, 1.807) is 0 Å². The Morgan fingerprint density at radius 1 is 1.60 bits per heavy atom. The topological polar surface area (TPSA) is 84.9 Å². The number of hydroxylamine groups is 1. The smallest absolute Gasteiger partial charge is 0.320 e. The second-order valence-corrected chi connectivity index (χ2v) is 4.60. The summed E-state index contributed by atoms with van der Waals surface area (Å²) in [6.07, 6.45) is 0. The molecule has 0 bridgehead atoms. The first-order chi connectivity index (χ1) is 9.17. The molecule has 6 nitrogen and oxygen atoms in total. The van der Waals surface area contributed by atoms with E-state index in [1.165, 1.54) is 6.92 Å². The number of nitrogens with two attached hydrogens (primary N) is 1. The first kappa shape index (κ1) is 14.7. The minimum Gasteiger partial charge on any atom is -0.598 e. The number of phenols is 1. The highest BCUT2D eigenvalue weighted by atomic mass is 35.5. The van der Waals surface area contributed by atoms with Gasteiger partial charge in [-0.2, -0.15) is 13.5 Å². The van der Waals surface area contributed by atoms with Crippen molar-refractivity contribution >= 4 is 28.8 Å². The molecule has 1 unspecified atom stereocenters. The summed E-state index contributed by atoms with van der Waals surface area (Å²) in [6, 6.07) is 0.677. The summed E-state index contributed by atoms with van der Waals surface area (Å²) in [5, 5.41) is 25.0. The fraction of sp³-hybridized carbons (Fsp3) is 0.300. The Hall–Kier alpha value is -1.71. The van der Waals surface area contributed by atoms with E-state index in [0.29, 0.717) is 11.0 Å².